The molecule has 0 fully saturated rings. The number of nitrogens with two attached hydrogens (primary N) is 1. The van der Waals surface area contributed by atoms with Gasteiger partial charge in [-0.2, -0.15) is 44.7 Å². The van der Waals surface area contributed by atoms with E-state index in [1.165, 1.54) is 53.7 Å². The first-order valence-electron chi connectivity index (χ1n) is 24.5. The van der Waals surface area contributed by atoms with Crippen molar-refractivity contribution < 1.29 is 73.9 Å². The first-order chi connectivity index (χ1) is 41.6. The normalized spacial score (nSPS) is 11.5. The van der Waals surface area contributed by atoms with Crippen molar-refractivity contribution in [1.82, 2.24) is 13.1 Å². The molecular weight excluding hydrogens is 1300 g/mol. The molecule has 0 aliphatic rings. The molecule has 0 aliphatic heterocycles. The molecule has 0 spiro atoms. The summed E-state index contributed by atoms with van der Waals surface area (Å²) in [5.74, 6) is 0. The highest BCUT2D eigenvalue weighted by Gasteiger charge is 2.16. The molecule has 35 nitrogen and oxygen atoms in total. The number of nitriles is 2. The maximum atomic E-state index is 11.0. The Balaban J connectivity index is 0.000000393. The monoisotopic (exact) mass is 1350 g/mol. The third-order valence-corrected chi connectivity index (χ3v) is 14.1. The van der Waals surface area contributed by atoms with E-state index in [9.17, 15) is 43.0 Å². The predicted molar refractivity (Wildman–Crippen MR) is 332 cm³/mol. The molecule has 0 radical (unpaired) electrons. The second-order valence-corrected chi connectivity index (χ2v) is 22.1. The number of rotatable bonds is 19. The summed E-state index contributed by atoms with van der Waals surface area (Å²) in [6, 6.07) is 31.7. The predicted octanol–water partition coefficient (Wildman–Crippen LogP) is 12.4. The molecule has 478 valence electrons. The van der Waals surface area contributed by atoms with Crippen LogP contribution in [0.4, 0.5) is 49.1 Å². The van der Waals surface area contributed by atoms with Crippen LogP contribution in [0.2, 0.25) is 0 Å². The zero-order chi connectivity index (χ0) is 65.8. The molecule has 0 bridgehead atoms. The first-order valence-corrected chi connectivity index (χ1v) is 31.0. The average Bonchev–Trinajstić information content (AvgIpc) is 4.45. The summed E-state index contributed by atoms with van der Waals surface area (Å²) >= 11 is 3.11. The second-order valence-electron chi connectivity index (χ2n) is 16.5. The lowest BCUT2D eigenvalue weighted by Gasteiger charge is -2.22. The largest absolute Gasteiger partial charge is 0.425 e. The summed E-state index contributed by atoms with van der Waals surface area (Å²) in [5.41, 5.74) is 12.6. The number of aryl methyl sites for hydroxylation is 2. The summed E-state index contributed by atoms with van der Waals surface area (Å²) in [4.78, 5) is 35.0. The third kappa shape index (κ3) is 25.4. The van der Waals surface area contributed by atoms with Gasteiger partial charge in [-0.15, -0.1) is 19.7 Å². The van der Waals surface area contributed by atoms with E-state index in [0.29, 0.717) is 56.7 Å². The van der Waals surface area contributed by atoms with Crippen molar-refractivity contribution in [3.63, 3.8) is 0 Å². The fourth-order valence-electron chi connectivity index (χ4n) is 6.91. The van der Waals surface area contributed by atoms with E-state index in [1.807, 2.05) is 12.1 Å². The quantitative estimate of drug-likeness (QED) is 0.0130. The van der Waals surface area contributed by atoms with Gasteiger partial charge in [0.2, 0.25) is 0 Å². The van der Waals surface area contributed by atoms with Crippen molar-refractivity contribution in [2.75, 3.05) is 41.7 Å². The van der Waals surface area contributed by atoms with E-state index in [-0.39, 0.29) is 34.9 Å². The van der Waals surface area contributed by atoms with Crippen molar-refractivity contribution in [2.24, 2.45) is 24.4 Å². The Morgan fingerprint density at radius 1 is 0.618 bits per heavy atom. The highest BCUT2D eigenvalue weighted by atomic mass is 32.3. The fraction of sp³-hybridized carbons (Fsp3) is 0.271. The Hall–Kier alpha value is -8.92. The number of azo groups is 1. The van der Waals surface area contributed by atoms with Crippen LogP contribution in [0.1, 0.15) is 59.1 Å². The zero-order valence-electron chi connectivity index (χ0n) is 46.1. The number of hydrogen-bond acceptors (Lipinski definition) is 30. The number of anilines is 3. The number of benzene rings is 5. The van der Waals surface area contributed by atoms with Crippen molar-refractivity contribution in [1.29, 1.82) is 10.5 Å². The van der Waals surface area contributed by atoms with Crippen molar-refractivity contribution >= 4 is 147 Å². The Morgan fingerprint density at radius 3 is 1.47 bits per heavy atom. The van der Waals surface area contributed by atoms with Crippen LogP contribution in [0.5, 0.6) is 0 Å². The van der Waals surface area contributed by atoms with Gasteiger partial charge in [0.15, 0.2) is 10.0 Å². The van der Waals surface area contributed by atoms with E-state index < -0.39 is 45.8 Å². The number of fused-ring (bicyclic) bond motifs is 3. The van der Waals surface area contributed by atoms with Crippen LogP contribution in [0, 0.1) is 53.0 Å². The lowest BCUT2D eigenvalue weighted by Crippen LogP contribution is -2.23. The molecule has 3 aromatic heterocycles. The van der Waals surface area contributed by atoms with E-state index in [0.717, 1.165) is 84.0 Å². The molecule has 8 N–H and O–H groups in total. The van der Waals surface area contributed by atoms with Gasteiger partial charge in [-0.05, 0) is 130 Å². The van der Waals surface area contributed by atoms with Crippen LogP contribution in [-0.2, 0) is 52.5 Å². The molecule has 0 saturated heterocycles. The minimum atomic E-state index is -4.67. The molecule has 3 heterocycles. The number of nitro groups is 3. The smallest absolute Gasteiger partial charge is 0.389 e. The van der Waals surface area contributed by atoms with Crippen molar-refractivity contribution in [2.45, 2.75) is 60.8 Å². The second kappa shape index (κ2) is 37.0. The summed E-state index contributed by atoms with van der Waals surface area (Å²) in [6.07, 6.45) is 2.90. The van der Waals surface area contributed by atoms with Crippen LogP contribution in [0.3, 0.4) is 0 Å². The van der Waals surface area contributed by atoms with Gasteiger partial charge in [0.05, 0.1) is 62.0 Å². The first kappa shape index (κ1) is 76.2. The van der Waals surface area contributed by atoms with Gasteiger partial charge < -0.3 is 15.5 Å². The molecule has 1 atom stereocenters. The maximum Gasteiger partial charge on any atom is 0.425 e. The number of nitrogen functional groups attached to an aromatic ring is 1. The van der Waals surface area contributed by atoms with Gasteiger partial charge in [0, 0.05) is 90.1 Å². The molecule has 5 aromatic carbocycles. The van der Waals surface area contributed by atoms with Gasteiger partial charge in [-0.1, -0.05) is 37.7 Å². The Morgan fingerprint density at radius 2 is 1.07 bits per heavy atom. The highest BCUT2D eigenvalue weighted by Crippen LogP contribution is 2.36. The van der Waals surface area contributed by atoms with E-state index in [2.05, 4.69) is 122 Å². The standard InChI is InChI=1S/C20H20N6O2S.C13H18N2.C7H4N4O6S2.C7H5N3O2S.CH4.H3NO5S.H2O4S/c1-3-14-12-15(25(4-2)11-5-10-21)6-8-18(14)22-23-20-17-13-16(26(27)28)7-9-19(17)24-29-20;1-3-12-7-5-8-13(11-12)15(4-2)10-6-9-14;12-11(13)4-1-2-6-5(3-4)7(18-9-6)8-10-19(15,16)17-14;8-7-5-3-4(10(11)12)1-2-6(5)9-13-7;;2-1-7(4,5)6-3;1-5(2,3)4/h6-9,12-13H,3-5,11H2,1-2H3;5,7-8,11H,3-4,6,10H2,1-2H3;1-3,14H;1-3H,8H2;1H4;2-3H,(H,1,4,5);(H2,1,2,3,4). The average molecular weight is 1350 g/mol. The van der Waals surface area contributed by atoms with Crippen LogP contribution < -0.4 is 15.5 Å². The molecule has 89 heavy (non-hydrogen) atoms. The van der Waals surface area contributed by atoms with E-state index in [4.69, 9.17) is 54.1 Å². The number of non-ortho nitro benzene ring substituents is 3. The molecule has 0 saturated carbocycles. The summed E-state index contributed by atoms with van der Waals surface area (Å²) < 4.78 is 93.0. The molecule has 1 unspecified atom stereocenters. The van der Waals surface area contributed by atoms with Crippen molar-refractivity contribution in [3.05, 3.63) is 139 Å². The molecule has 0 aliphatic carbocycles. The van der Waals surface area contributed by atoms with E-state index in [1.54, 1.807) is 16.7 Å². The Labute approximate surface area is 519 Å². The molecule has 41 heteroatoms. The molecule has 8 rings (SSSR count). The van der Waals surface area contributed by atoms with Crippen LogP contribution in [-0.4, -0.2) is 104 Å². The number of aromatic nitrogens is 3. The third-order valence-electron chi connectivity index (χ3n) is 11.0. The Kier molecular flexibility index (Phi) is 31.7. The topological polar surface area (TPSA) is 535 Å². The summed E-state index contributed by atoms with van der Waals surface area (Å²) in [5, 5.41) is 86.9. The van der Waals surface area contributed by atoms with Gasteiger partial charge in [-0.25, -0.2) is 10.5 Å². The van der Waals surface area contributed by atoms with Gasteiger partial charge in [-0.3, -0.25) is 49.2 Å². The SMILES string of the molecule is C.CCc1cc(N(CC)CCC#N)ccc1N=Nc1snc2ccc([N+](=O)[O-])cc12.CCc1cccc(N(CC)CCC#N)c1.Nc1snc2ccc([N+](=O)[O-])cc12.O=S(=O)(O)O.O=S(O)(=NO)OO.O=[N+]([O-])c1ccc2nsc(N=NS(=O)(=O)OO)c2c1. The number of nitro benzene ring substituents is 3. The zero-order valence-corrected chi connectivity index (χ0v) is 51.0. The summed E-state index contributed by atoms with van der Waals surface area (Å²) in [6.45, 7) is 11.7. The lowest BCUT2D eigenvalue weighted by atomic mass is 10.1. The van der Waals surface area contributed by atoms with Crippen molar-refractivity contribution in [3.8, 4) is 12.1 Å². The molecule has 0 amide bonds. The number of nitrogens with zero attached hydrogens (tertiary/aromatic N) is 15. The van der Waals surface area contributed by atoms with Crippen LogP contribution >= 0.6 is 34.6 Å². The van der Waals surface area contributed by atoms with Crippen LogP contribution in [0.25, 0.3) is 32.7 Å². The minimum absolute atomic E-state index is 0. The number of hydrogen-bond donors (Lipinski definition) is 7. The van der Waals surface area contributed by atoms with Gasteiger partial charge in [0.1, 0.15) is 5.00 Å². The van der Waals surface area contributed by atoms with E-state index >= 15 is 0 Å². The molecule has 8 aromatic rings. The lowest BCUT2D eigenvalue weighted by molar-refractivity contribution is -0.384. The molecular formula is C48H56N16O19S6. The fourth-order valence-corrected chi connectivity index (χ4v) is 9.19. The minimum Gasteiger partial charge on any atom is -0.389 e. The highest BCUT2D eigenvalue weighted by molar-refractivity contribution is 7.85. The maximum absolute atomic E-state index is 11.0. The van der Waals surface area contributed by atoms with Crippen LogP contribution in [0.15, 0.2) is 121 Å². The van der Waals surface area contributed by atoms with Gasteiger partial charge >= 0.3 is 31.0 Å². The summed E-state index contributed by atoms with van der Waals surface area (Å²) in [7, 11) is -13.4. The Bertz CT molecular complexity index is 4190. The van der Waals surface area contributed by atoms with Gasteiger partial charge in [0.25, 0.3) is 17.1 Å².